The zero-order valence-corrected chi connectivity index (χ0v) is 11.1. The molecule has 0 aliphatic rings. The number of nitrogen functional groups attached to an aromatic ring is 1. The first-order valence-electron chi connectivity index (χ1n) is 5.75. The molecule has 0 aliphatic heterocycles. The minimum Gasteiger partial charge on any atom is -0.497 e. The van der Waals surface area contributed by atoms with Gasteiger partial charge in [0.1, 0.15) is 11.6 Å². The topological polar surface area (TPSA) is 96.2 Å². The zero-order chi connectivity index (χ0) is 14.2. The van der Waals surface area contributed by atoms with Gasteiger partial charge in [-0.25, -0.2) is 4.79 Å². The van der Waals surface area contributed by atoms with Crippen molar-refractivity contribution in [3.05, 3.63) is 29.5 Å². The largest absolute Gasteiger partial charge is 0.497 e. The van der Waals surface area contributed by atoms with E-state index in [0.717, 1.165) is 27.1 Å². The number of ether oxygens (including phenoxy) is 1. The van der Waals surface area contributed by atoms with Crippen LogP contribution in [0.3, 0.4) is 0 Å². The zero-order valence-electron chi connectivity index (χ0n) is 11.1. The predicted octanol–water partition coefficient (Wildman–Crippen LogP) is 1.68. The molecule has 4 N–H and O–H groups in total. The van der Waals surface area contributed by atoms with Gasteiger partial charge in [-0.1, -0.05) is 6.07 Å². The molecule has 6 heteroatoms. The van der Waals surface area contributed by atoms with Gasteiger partial charge in [0.25, 0.3) is 0 Å². The molecule has 2 rings (SSSR count). The Morgan fingerprint density at radius 1 is 1.37 bits per heavy atom. The molecule has 100 valence electrons. The van der Waals surface area contributed by atoms with Crippen LogP contribution >= 0.6 is 0 Å². The molecule has 0 aliphatic carbocycles. The summed E-state index contributed by atoms with van der Waals surface area (Å²) in [5, 5.41) is 4.06. The SMILES string of the molecule is COc1ccc(-c2c(C)nn(C(N)=O)c2N)c(C)c1. The third kappa shape index (κ3) is 2.12. The molecule has 0 radical (unpaired) electrons. The number of carbonyl (C=O) groups is 1. The highest BCUT2D eigenvalue weighted by Gasteiger charge is 2.18. The van der Waals surface area contributed by atoms with Gasteiger partial charge in [-0.2, -0.15) is 9.78 Å². The van der Waals surface area contributed by atoms with Gasteiger partial charge in [0, 0.05) is 5.56 Å². The molecule has 0 saturated heterocycles. The molecule has 0 fully saturated rings. The Morgan fingerprint density at radius 3 is 2.53 bits per heavy atom. The fraction of sp³-hybridized carbons (Fsp3) is 0.231. The molecule has 0 atom stereocenters. The van der Waals surface area contributed by atoms with Gasteiger partial charge in [0.15, 0.2) is 0 Å². The summed E-state index contributed by atoms with van der Waals surface area (Å²) >= 11 is 0. The molecule has 0 spiro atoms. The Hall–Kier alpha value is -2.50. The lowest BCUT2D eigenvalue weighted by Crippen LogP contribution is -2.22. The molecule has 19 heavy (non-hydrogen) atoms. The molecule has 6 nitrogen and oxygen atoms in total. The minimum absolute atomic E-state index is 0.248. The monoisotopic (exact) mass is 260 g/mol. The lowest BCUT2D eigenvalue weighted by atomic mass is 10.0. The van der Waals surface area contributed by atoms with Crippen LogP contribution in [0.4, 0.5) is 10.6 Å². The van der Waals surface area contributed by atoms with Crippen LogP contribution < -0.4 is 16.2 Å². The average Bonchev–Trinajstić information content (AvgIpc) is 2.65. The molecule has 1 aromatic carbocycles. The van der Waals surface area contributed by atoms with E-state index in [1.165, 1.54) is 0 Å². The van der Waals surface area contributed by atoms with Crippen LogP contribution in [-0.2, 0) is 0 Å². The van der Waals surface area contributed by atoms with E-state index in [1.54, 1.807) is 14.0 Å². The maximum Gasteiger partial charge on any atom is 0.341 e. The van der Waals surface area contributed by atoms with Crippen molar-refractivity contribution >= 4 is 11.8 Å². The van der Waals surface area contributed by atoms with Crippen molar-refractivity contribution in [2.24, 2.45) is 5.73 Å². The fourth-order valence-corrected chi connectivity index (χ4v) is 2.09. The molecule has 0 bridgehead atoms. The second-order valence-corrected chi connectivity index (χ2v) is 4.28. The number of nitrogens with zero attached hydrogens (tertiary/aromatic N) is 2. The van der Waals surface area contributed by atoms with Gasteiger partial charge in [-0.15, -0.1) is 0 Å². The van der Waals surface area contributed by atoms with Crippen LogP contribution in [0.1, 0.15) is 11.3 Å². The molecular formula is C13H16N4O2. The number of aromatic nitrogens is 2. The summed E-state index contributed by atoms with van der Waals surface area (Å²) in [7, 11) is 1.61. The van der Waals surface area contributed by atoms with Gasteiger partial charge >= 0.3 is 6.03 Å². The number of benzene rings is 1. The first-order valence-corrected chi connectivity index (χ1v) is 5.75. The van der Waals surface area contributed by atoms with E-state index in [-0.39, 0.29) is 5.82 Å². The fourth-order valence-electron chi connectivity index (χ4n) is 2.09. The average molecular weight is 260 g/mol. The first kappa shape index (κ1) is 12.9. The Bertz CT molecular complexity index is 646. The molecular weight excluding hydrogens is 244 g/mol. The van der Waals surface area contributed by atoms with Crippen LogP contribution in [0.15, 0.2) is 18.2 Å². The Kier molecular flexibility index (Phi) is 3.16. The highest BCUT2D eigenvalue weighted by atomic mass is 16.5. The summed E-state index contributed by atoms with van der Waals surface area (Å²) in [6, 6.07) is 4.93. The van der Waals surface area contributed by atoms with E-state index in [4.69, 9.17) is 16.2 Å². The first-order chi connectivity index (χ1) is 8.95. The number of anilines is 1. The van der Waals surface area contributed by atoms with Crippen molar-refractivity contribution in [1.29, 1.82) is 0 Å². The summed E-state index contributed by atoms with van der Waals surface area (Å²) in [5.74, 6) is 1.01. The third-order valence-electron chi connectivity index (χ3n) is 3.01. The van der Waals surface area contributed by atoms with Gasteiger partial charge in [0.2, 0.25) is 0 Å². The van der Waals surface area contributed by atoms with E-state index < -0.39 is 6.03 Å². The van der Waals surface area contributed by atoms with E-state index in [0.29, 0.717) is 5.69 Å². The number of amides is 1. The van der Waals surface area contributed by atoms with Crippen LogP contribution in [0.5, 0.6) is 5.75 Å². The number of methoxy groups -OCH3 is 1. The Labute approximate surface area is 111 Å². The predicted molar refractivity (Wildman–Crippen MR) is 73.1 cm³/mol. The van der Waals surface area contributed by atoms with Crippen molar-refractivity contribution < 1.29 is 9.53 Å². The molecule has 0 saturated carbocycles. The summed E-state index contributed by atoms with van der Waals surface area (Å²) in [6.45, 7) is 3.73. The maximum absolute atomic E-state index is 11.2. The van der Waals surface area contributed by atoms with Crippen molar-refractivity contribution in [1.82, 2.24) is 9.78 Å². The molecule has 1 heterocycles. The molecule has 1 amide bonds. The Balaban J connectivity index is 2.62. The van der Waals surface area contributed by atoms with Crippen molar-refractivity contribution in [2.75, 3.05) is 12.8 Å². The van der Waals surface area contributed by atoms with Crippen LogP contribution in [-0.4, -0.2) is 22.9 Å². The summed E-state index contributed by atoms with van der Waals surface area (Å²) < 4.78 is 6.17. The number of hydrogen-bond donors (Lipinski definition) is 2. The number of carbonyl (C=O) groups excluding carboxylic acids is 1. The lowest BCUT2D eigenvalue weighted by molar-refractivity contribution is 0.248. The lowest BCUT2D eigenvalue weighted by Gasteiger charge is -2.08. The maximum atomic E-state index is 11.2. The summed E-state index contributed by atoms with van der Waals surface area (Å²) in [4.78, 5) is 11.2. The summed E-state index contributed by atoms with van der Waals surface area (Å²) in [6.07, 6.45) is 0. The quantitative estimate of drug-likeness (QED) is 0.858. The second-order valence-electron chi connectivity index (χ2n) is 4.28. The standard InChI is InChI=1S/C13H16N4O2/c1-7-6-9(19-3)4-5-10(7)11-8(2)16-17(12(11)14)13(15)18/h4-6H,14H2,1-3H3,(H2,15,18). The highest BCUT2D eigenvalue weighted by Crippen LogP contribution is 2.33. The summed E-state index contributed by atoms with van der Waals surface area (Å²) in [5.41, 5.74) is 14.4. The smallest absolute Gasteiger partial charge is 0.341 e. The van der Waals surface area contributed by atoms with Gasteiger partial charge in [0.05, 0.1) is 12.8 Å². The normalized spacial score (nSPS) is 10.5. The minimum atomic E-state index is -0.696. The van der Waals surface area contributed by atoms with E-state index in [1.807, 2.05) is 25.1 Å². The van der Waals surface area contributed by atoms with Crippen molar-refractivity contribution in [2.45, 2.75) is 13.8 Å². The number of primary amides is 1. The van der Waals surface area contributed by atoms with Crippen molar-refractivity contribution in [3.8, 4) is 16.9 Å². The molecule has 2 aromatic rings. The number of rotatable bonds is 2. The van der Waals surface area contributed by atoms with Crippen LogP contribution in [0.2, 0.25) is 0 Å². The van der Waals surface area contributed by atoms with Crippen molar-refractivity contribution in [3.63, 3.8) is 0 Å². The van der Waals surface area contributed by atoms with Crippen LogP contribution in [0.25, 0.3) is 11.1 Å². The highest BCUT2D eigenvalue weighted by molar-refractivity contribution is 5.86. The molecule has 0 unspecified atom stereocenters. The number of aryl methyl sites for hydroxylation is 2. The Morgan fingerprint density at radius 2 is 2.05 bits per heavy atom. The number of nitrogens with two attached hydrogens (primary N) is 2. The van der Waals surface area contributed by atoms with Gasteiger partial charge < -0.3 is 16.2 Å². The van der Waals surface area contributed by atoms with E-state index in [2.05, 4.69) is 5.10 Å². The molecule has 1 aromatic heterocycles. The third-order valence-corrected chi connectivity index (χ3v) is 3.01. The van der Waals surface area contributed by atoms with E-state index >= 15 is 0 Å². The van der Waals surface area contributed by atoms with Gasteiger partial charge in [-0.05, 0) is 37.1 Å². The van der Waals surface area contributed by atoms with E-state index in [9.17, 15) is 4.79 Å². The second kappa shape index (κ2) is 4.64. The van der Waals surface area contributed by atoms with Crippen LogP contribution in [0, 0.1) is 13.8 Å². The van der Waals surface area contributed by atoms with Gasteiger partial charge in [-0.3, -0.25) is 0 Å². The number of hydrogen-bond acceptors (Lipinski definition) is 4.